The van der Waals surface area contributed by atoms with E-state index in [0.717, 1.165) is 43.8 Å². The van der Waals surface area contributed by atoms with Gasteiger partial charge in [-0.25, -0.2) is 0 Å². The van der Waals surface area contributed by atoms with Gasteiger partial charge in [-0.15, -0.1) is 0 Å². The average Bonchev–Trinajstić information content (AvgIpc) is 2.34. The molecule has 0 saturated carbocycles. The Balaban J connectivity index is 1.09. The minimum Gasteiger partial charge on any atom is -0.405 e. The number of benzene rings is 8. The molecule has 2 saturated heterocycles. The summed E-state index contributed by atoms with van der Waals surface area (Å²) in [5.41, 5.74) is 5.70. The Hall–Kier alpha value is -6.46. The second-order valence-electron chi connectivity index (χ2n) is 22.0. The lowest BCUT2D eigenvalue weighted by Crippen LogP contribution is -2.69. The van der Waals surface area contributed by atoms with Crippen molar-refractivity contribution in [2.24, 2.45) is 0 Å². The van der Waals surface area contributed by atoms with Crippen molar-refractivity contribution in [1.29, 1.82) is 0 Å². The van der Waals surface area contributed by atoms with E-state index < -0.39 is 69.7 Å². The predicted octanol–water partition coefficient (Wildman–Crippen LogP) is 11.5. The first-order valence-electron chi connectivity index (χ1n) is 28.5. The highest BCUT2D eigenvalue weighted by Crippen LogP contribution is 2.40. The van der Waals surface area contributed by atoms with Crippen molar-refractivity contribution in [2.45, 2.75) is 127 Å². The third kappa shape index (κ3) is 15.2. The van der Waals surface area contributed by atoms with Crippen molar-refractivity contribution < 1.29 is 52.2 Å². The summed E-state index contributed by atoms with van der Waals surface area (Å²) >= 11 is 0. The van der Waals surface area contributed by atoms with Gasteiger partial charge in [-0.3, -0.25) is 0 Å². The minimum atomic E-state index is -3.19. The molecule has 0 amide bonds. The summed E-state index contributed by atoms with van der Waals surface area (Å²) in [6.45, 7) is 8.18. The number of rotatable bonds is 26. The molecule has 0 aromatic heterocycles. The van der Waals surface area contributed by atoms with Crippen LogP contribution in [0.4, 0.5) is 0 Å². The van der Waals surface area contributed by atoms with Crippen LogP contribution in [0.5, 0.6) is 0 Å². The van der Waals surface area contributed by atoms with Gasteiger partial charge in [-0.1, -0.05) is 263 Å². The molecule has 1 N–H and O–H groups in total. The molecule has 2 aliphatic rings. The fourth-order valence-corrected chi connectivity index (χ4v) is 15.6. The van der Waals surface area contributed by atoms with Gasteiger partial charge in [-0.2, -0.15) is 0 Å². The second kappa shape index (κ2) is 29.2. The molecule has 0 spiro atoms. The van der Waals surface area contributed by atoms with Gasteiger partial charge in [-0.05, 0) is 48.8 Å². The van der Waals surface area contributed by atoms with Gasteiger partial charge in [0.2, 0.25) is 0 Å². The van der Waals surface area contributed by atoms with Crippen LogP contribution in [0.2, 0.25) is 5.04 Å². The fraction of sp³-hybridized carbons (Fsp3) is 0.314. The Morgan fingerprint density at radius 3 is 1.06 bits per heavy atom. The Bertz CT molecular complexity index is 3010. The van der Waals surface area contributed by atoms with E-state index in [1.165, 1.54) is 0 Å². The Kier molecular flexibility index (Phi) is 20.9. The van der Waals surface area contributed by atoms with Crippen LogP contribution in [0.25, 0.3) is 0 Å². The molecule has 82 heavy (non-hydrogen) atoms. The molecule has 0 bridgehead atoms. The normalized spacial score (nSPS) is 23.1. The summed E-state index contributed by atoms with van der Waals surface area (Å²) < 4.78 is 71.6. The molecular weight excluding hydrogens is 1040 g/mol. The summed E-state index contributed by atoms with van der Waals surface area (Å²) in [5.74, 6) is 0. The van der Waals surface area contributed by atoms with Crippen molar-refractivity contribution >= 4 is 18.7 Å². The van der Waals surface area contributed by atoms with Crippen LogP contribution in [0.1, 0.15) is 54.2 Å². The monoisotopic (exact) mass is 1120 g/mol. The second-order valence-corrected chi connectivity index (χ2v) is 26.3. The first-order valence-corrected chi connectivity index (χ1v) is 30.4. The maximum atomic E-state index is 12.2. The van der Waals surface area contributed by atoms with Crippen molar-refractivity contribution in [3.8, 4) is 0 Å². The van der Waals surface area contributed by atoms with Crippen LogP contribution in [-0.2, 0) is 86.7 Å². The third-order valence-electron chi connectivity index (χ3n) is 15.2. The molecule has 10 atom stereocenters. The zero-order valence-corrected chi connectivity index (χ0v) is 48.1. The van der Waals surface area contributed by atoms with Gasteiger partial charge in [0.15, 0.2) is 12.6 Å². The van der Waals surface area contributed by atoms with Crippen LogP contribution < -0.4 is 10.4 Å². The van der Waals surface area contributed by atoms with Crippen LogP contribution in [-0.4, -0.2) is 88.0 Å². The average molecular weight is 1120 g/mol. The summed E-state index contributed by atoms with van der Waals surface area (Å²) in [6.07, 6.45) is -9.85. The molecule has 0 aliphatic carbocycles. The standard InChI is InChI=1S/C70H76O11Si/c1-70(2,3)82(58-40-24-10-25-41-58,59-42-26-11-27-43-59)78-51-61-62(73-45-53-30-14-5-15-31-53)64(74-46-54-32-16-6-17-33-54)67(77-49-57-38-22-9-23-39-57)69(80-61)81-63-60(50-72-44-52-28-12-4-13-29-52)79-68(71)66(76-48-56-36-20-8-21-37-56)65(63)75-47-55-34-18-7-19-35-55/h4-43,60-69,71H,44-51H2,1-3H3/t60-,61-,62-,63-,64+,65+,66-,67-,68+,69-/m1/s1. The van der Waals surface area contributed by atoms with Crippen LogP contribution >= 0.6 is 0 Å². The van der Waals surface area contributed by atoms with Crippen molar-refractivity contribution in [3.05, 3.63) is 276 Å². The topological polar surface area (TPSA) is 113 Å². The smallest absolute Gasteiger partial charge is 0.261 e. The molecule has 8 aromatic carbocycles. The van der Waals surface area contributed by atoms with Crippen molar-refractivity contribution in [1.82, 2.24) is 0 Å². The van der Waals surface area contributed by atoms with E-state index in [2.05, 4.69) is 81.4 Å². The number of hydrogen-bond donors (Lipinski definition) is 1. The first kappa shape index (κ1) is 58.7. The highest BCUT2D eigenvalue weighted by molar-refractivity contribution is 6.99. The van der Waals surface area contributed by atoms with Gasteiger partial charge in [0.25, 0.3) is 8.32 Å². The van der Waals surface area contributed by atoms with E-state index in [1.54, 1.807) is 0 Å². The number of aliphatic hydroxyl groups is 1. The maximum absolute atomic E-state index is 12.2. The molecule has 426 valence electrons. The van der Waals surface area contributed by atoms with E-state index in [1.807, 2.05) is 182 Å². The van der Waals surface area contributed by atoms with Crippen molar-refractivity contribution in [2.75, 3.05) is 13.2 Å². The lowest BCUT2D eigenvalue weighted by Gasteiger charge is -2.50. The zero-order chi connectivity index (χ0) is 56.4. The summed E-state index contributed by atoms with van der Waals surface area (Å²) in [7, 11) is -3.19. The molecule has 0 unspecified atom stereocenters. The lowest BCUT2D eigenvalue weighted by atomic mass is 9.95. The minimum absolute atomic E-state index is 0.0205. The fourth-order valence-electron chi connectivity index (χ4n) is 11.1. The first-order chi connectivity index (χ1) is 40.2. The van der Waals surface area contributed by atoms with Crippen LogP contribution in [0.3, 0.4) is 0 Å². The van der Waals surface area contributed by atoms with Gasteiger partial charge < -0.3 is 52.2 Å². The Labute approximate surface area is 484 Å². The van der Waals surface area contributed by atoms with Crippen LogP contribution in [0.15, 0.2) is 243 Å². The molecule has 10 rings (SSSR count). The quantitative estimate of drug-likeness (QED) is 0.0523. The summed E-state index contributed by atoms with van der Waals surface area (Å²) in [4.78, 5) is 0. The molecule has 8 aromatic rings. The van der Waals surface area contributed by atoms with E-state index in [4.69, 9.17) is 47.1 Å². The summed E-state index contributed by atoms with van der Waals surface area (Å²) in [6, 6.07) is 81.1. The predicted molar refractivity (Wildman–Crippen MR) is 319 cm³/mol. The molecule has 0 radical (unpaired) electrons. The zero-order valence-electron chi connectivity index (χ0n) is 47.1. The number of hydrogen-bond acceptors (Lipinski definition) is 11. The maximum Gasteiger partial charge on any atom is 0.261 e. The Morgan fingerprint density at radius 1 is 0.354 bits per heavy atom. The highest BCUT2D eigenvalue weighted by Gasteiger charge is 2.56. The Morgan fingerprint density at radius 2 is 0.671 bits per heavy atom. The lowest BCUT2D eigenvalue weighted by molar-refractivity contribution is -0.373. The van der Waals surface area contributed by atoms with Gasteiger partial charge in [0.1, 0.15) is 48.8 Å². The molecule has 2 aliphatic heterocycles. The summed E-state index contributed by atoms with van der Waals surface area (Å²) in [5, 5.41) is 14.1. The molecule has 2 heterocycles. The highest BCUT2D eigenvalue weighted by atomic mass is 28.4. The van der Waals surface area contributed by atoms with Gasteiger partial charge >= 0.3 is 0 Å². The SMILES string of the molecule is CC(C)(C)[Si](OC[C@H]1O[C@H](O[C@H]2[C@H](OCc3ccccc3)[C@@H](OCc3ccccc3)[C@@H](O)O[C@@H]2COCc2ccccc2)[C@H](OCc2ccccc2)[C@@H](OCc2ccccc2)[C@@H]1OCc1ccccc1)(c1ccccc1)c1ccccc1. The van der Waals surface area contributed by atoms with Crippen LogP contribution in [0, 0.1) is 0 Å². The van der Waals surface area contributed by atoms with E-state index in [-0.39, 0.29) is 57.9 Å². The van der Waals surface area contributed by atoms with Gasteiger partial charge in [0, 0.05) is 0 Å². The molecule has 12 heteroatoms. The van der Waals surface area contributed by atoms with Gasteiger partial charge in [0.05, 0.1) is 52.9 Å². The molecule has 2 fully saturated rings. The molecule has 11 nitrogen and oxygen atoms in total. The van der Waals surface area contributed by atoms with E-state index in [0.29, 0.717) is 0 Å². The number of aliphatic hydroxyl groups excluding tert-OH is 1. The van der Waals surface area contributed by atoms with Crippen molar-refractivity contribution in [3.63, 3.8) is 0 Å². The van der Waals surface area contributed by atoms with E-state index in [9.17, 15) is 5.11 Å². The third-order valence-corrected chi connectivity index (χ3v) is 20.2. The molecular formula is C70H76O11Si. The van der Waals surface area contributed by atoms with E-state index >= 15 is 0 Å². The largest absolute Gasteiger partial charge is 0.405 e. The number of ether oxygens (including phenoxy) is 9.